The molecular formula is C12H10ClNO. The van der Waals surface area contributed by atoms with Crippen LogP contribution >= 0.6 is 11.6 Å². The summed E-state index contributed by atoms with van der Waals surface area (Å²) in [6, 6.07) is 7.68. The molecule has 0 N–H and O–H groups in total. The minimum Gasteiger partial charge on any atom is -0.343 e. The van der Waals surface area contributed by atoms with Crippen LogP contribution < -0.4 is 0 Å². The molecule has 2 aromatic rings. The molecule has 0 bridgehead atoms. The number of hydrogen-bond donors (Lipinski definition) is 0. The maximum absolute atomic E-state index is 10.9. The maximum atomic E-state index is 10.9. The van der Waals surface area contributed by atoms with E-state index in [4.69, 9.17) is 11.6 Å². The lowest BCUT2D eigenvalue weighted by Gasteiger charge is -2.03. The number of rotatable bonds is 3. The van der Waals surface area contributed by atoms with Crippen molar-refractivity contribution in [1.29, 1.82) is 0 Å². The molecule has 0 aliphatic rings. The number of carbonyl (C=O) groups is 1. The van der Waals surface area contributed by atoms with E-state index < -0.39 is 0 Å². The number of aromatic nitrogens is 1. The van der Waals surface area contributed by atoms with Crippen molar-refractivity contribution in [2.45, 2.75) is 6.54 Å². The van der Waals surface area contributed by atoms with E-state index in [0.29, 0.717) is 12.1 Å². The summed E-state index contributed by atoms with van der Waals surface area (Å²) in [6.45, 7) is 0.678. The second-order valence-electron chi connectivity index (χ2n) is 3.23. The number of para-hydroxylation sites is 1. The molecule has 0 fully saturated rings. The van der Waals surface area contributed by atoms with Gasteiger partial charge < -0.3 is 4.57 Å². The Morgan fingerprint density at radius 3 is 2.93 bits per heavy atom. The summed E-state index contributed by atoms with van der Waals surface area (Å²) >= 11 is 5.48. The van der Waals surface area contributed by atoms with Gasteiger partial charge in [0, 0.05) is 29.2 Å². The van der Waals surface area contributed by atoms with Crippen LogP contribution in [0, 0.1) is 0 Å². The standard InChI is InChI=1S/C12H10ClNO/c13-6-2-7-14-8-5-10-3-1-4-11(9-15)12(10)14/h1-6,8-9H,7H2/b6-2+. The van der Waals surface area contributed by atoms with Crippen molar-refractivity contribution in [2.24, 2.45) is 0 Å². The first kappa shape index (κ1) is 9.99. The SMILES string of the molecule is O=Cc1cccc2ccn(C/C=C/Cl)c12. The fourth-order valence-corrected chi connectivity index (χ4v) is 1.77. The van der Waals surface area contributed by atoms with Gasteiger partial charge in [-0.05, 0) is 12.1 Å². The molecule has 76 valence electrons. The molecule has 0 amide bonds. The Balaban J connectivity index is 2.60. The van der Waals surface area contributed by atoms with E-state index in [-0.39, 0.29) is 0 Å². The first-order valence-electron chi connectivity index (χ1n) is 4.65. The summed E-state index contributed by atoms with van der Waals surface area (Å²) in [6.07, 6.45) is 4.67. The molecule has 1 heterocycles. The van der Waals surface area contributed by atoms with Gasteiger partial charge in [0.1, 0.15) is 0 Å². The van der Waals surface area contributed by atoms with Crippen LogP contribution in [0.3, 0.4) is 0 Å². The van der Waals surface area contributed by atoms with Crippen LogP contribution in [0.25, 0.3) is 10.9 Å². The van der Waals surface area contributed by atoms with E-state index in [1.54, 1.807) is 0 Å². The lowest BCUT2D eigenvalue weighted by Crippen LogP contribution is -1.95. The molecule has 2 nitrogen and oxygen atoms in total. The Labute approximate surface area is 92.8 Å². The number of allylic oxidation sites excluding steroid dienone is 1. The number of benzene rings is 1. The van der Waals surface area contributed by atoms with Crippen LogP contribution in [0.15, 0.2) is 42.1 Å². The van der Waals surface area contributed by atoms with Gasteiger partial charge in [0.2, 0.25) is 0 Å². The number of nitrogens with zero attached hydrogens (tertiary/aromatic N) is 1. The van der Waals surface area contributed by atoms with Crippen LogP contribution in [-0.2, 0) is 6.54 Å². The lowest BCUT2D eigenvalue weighted by atomic mass is 10.1. The normalized spacial score (nSPS) is 11.3. The fraction of sp³-hybridized carbons (Fsp3) is 0.0833. The Bertz CT molecular complexity index is 513. The second kappa shape index (κ2) is 4.32. The molecular weight excluding hydrogens is 210 g/mol. The second-order valence-corrected chi connectivity index (χ2v) is 3.48. The molecule has 15 heavy (non-hydrogen) atoms. The lowest BCUT2D eigenvalue weighted by molar-refractivity contribution is 0.112. The molecule has 0 saturated heterocycles. The highest BCUT2D eigenvalue weighted by molar-refractivity contribution is 6.25. The number of halogens is 1. The predicted molar refractivity (Wildman–Crippen MR) is 62.3 cm³/mol. The Kier molecular flexibility index (Phi) is 2.88. The minimum atomic E-state index is 0.678. The minimum absolute atomic E-state index is 0.678. The average molecular weight is 220 g/mol. The molecule has 3 heteroatoms. The van der Waals surface area contributed by atoms with Crippen LogP contribution in [0.2, 0.25) is 0 Å². The van der Waals surface area contributed by atoms with E-state index in [9.17, 15) is 4.79 Å². The number of hydrogen-bond acceptors (Lipinski definition) is 1. The van der Waals surface area contributed by atoms with Crippen LogP contribution in [0.4, 0.5) is 0 Å². The first-order chi connectivity index (χ1) is 7.36. The summed E-state index contributed by atoms with van der Waals surface area (Å²) < 4.78 is 2.00. The molecule has 0 radical (unpaired) electrons. The molecule has 0 aliphatic heterocycles. The third-order valence-corrected chi connectivity index (χ3v) is 2.52. The summed E-state index contributed by atoms with van der Waals surface area (Å²) in [5.74, 6) is 0. The third-order valence-electron chi connectivity index (χ3n) is 2.34. The van der Waals surface area contributed by atoms with Crippen molar-refractivity contribution in [3.05, 3.63) is 47.6 Å². The Hall–Kier alpha value is -1.54. The third kappa shape index (κ3) is 1.81. The van der Waals surface area contributed by atoms with Gasteiger partial charge in [0.25, 0.3) is 0 Å². The molecule has 1 aromatic carbocycles. The van der Waals surface area contributed by atoms with Gasteiger partial charge >= 0.3 is 0 Å². The number of fused-ring (bicyclic) bond motifs is 1. The molecule has 0 unspecified atom stereocenters. The van der Waals surface area contributed by atoms with Crippen molar-refractivity contribution in [1.82, 2.24) is 4.57 Å². The van der Waals surface area contributed by atoms with Gasteiger partial charge in [-0.2, -0.15) is 0 Å². The molecule has 1 aromatic heterocycles. The Morgan fingerprint density at radius 1 is 1.33 bits per heavy atom. The molecule has 2 rings (SSSR count). The quantitative estimate of drug-likeness (QED) is 0.727. The van der Waals surface area contributed by atoms with Gasteiger partial charge in [0.15, 0.2) is 6.29 Å². The van der Waals surface area contributed by atoms with Gasteiger partial charge in [-0.1, -0.05) is 29.8 Å². The van der Waals surface area contributed by atoms with Crippen molar-refractivity contribution < 1.29 is 4.79 Å². The molecule has 0 aliphatic carbocycles. The molecule has 0 saturated carbocycles. The van der Waals surface area contributed by atoms with Crippen molar-refractivity contribution >= 4 is 28.8 Å². The van der Waals surface area contributed by atoms with Gasteiger partial charge in [0.05, 0.1) is 5.52 Å². The molecule has 0 spiro atoms. The van der Waals surface area contributed by atoms with E-state index in [1.807, 2.05) is 41.1 Å². The first-order valence-corrected chi connectivity index (χ1v) is 5.08. The smallest absolute Gasteiger partial charge is 0.152 e. The molecule has 0 atom stereocenters. The summed E-state index contributed by atoms with van der Waals surface area (Å²) in [5, 5.41) is 1.07. The highest BCUT2D eigenvalue weighted by Gasteiger charge is 2.04. The highest BCUT2D eigenvalue weighted by atomic mass is 35.5. The summed E-state index contributed by atoms with van der Waals surface area (Å²) in [4.78, 5) is 10.9. The Morgan fingerprint density at radius 2 is 2.20 bits per heavy atom. The average Bonchev–Trinajstić information content (AvgIpc) is 2.69. The van der Waals surface area contributed by atoms with Gasteiger partial charge in [-0.15, -0.1) is 0 Å². The van der Waals surface area contributed by atoms with E-state index in [1.165, 1.54) is 5.54 Å². The van der Waals surface area contributed by atoms with Gasteiger partial charge in [-0.25, -0.2) is 0 Å². The number of aldehydes is 1. The summed E-state index contributed by atoms with van der Waals surface area (Å²) in [5.41, 5.74) is 3.15. The van der Waals surface area contributed by atoms with Gasteiger partial charge in [-0.3, -0.25) is 4.79 Å². The highest BCUT2D eigenvalue weighted by Crippen LogP contribution is 2.19. The maximum Gasteiger partial charge on any atom is 0.152 e. The van der Waals surface area contributed by atoms with Crippen LogP contribution in [-0.4, -0.2) is 10.9 Å². The van der Waals surface area contributed by atoms with Crippen molar-refractivity contribution in [2.75, 3.05) is 0 Å². The largest absolute Gasteiger partial charge is 0.343 e. The van der Waals surface area contributed by atoms with E-state index >= 15 is 0 Å². The van der Waals surface area contributed by atoms with E-state index in [0.717, 1.165) is 17.2 Å². The van der Waals surface area contributed by atoms with Crippen molar-refractivity contribution in [3.63, 3.8) is 0 Å². The van der Waals surface area contributed by atoms with E-state index in [2.05, 4.69) is 0 Å². The zero-order valence-corrected chi connectivity index (χ0v) is 8.82. The summed E-state index contributed by atoms with van der Waals surface area (Å²) in [7, 11) is 0. The van der Waals surface area contributed by atoms with Crippen molar-refractivity contribution in [3.8, 4) is 0 Å². The van der Waals surface area contributed by atoms with Crippen LogP contribution in [0.5, 0.6) is 0 Å². The zero-order valence-electron chi connectivity index (χ0n) is 8.06. The monoisotopic (exact) mass is 219 g/mol. The predicted octanol–water partition coefficient (Wildman–Crippen LogP) is 3.21. The topological polar surface area (TPSA) is 22.0 Å². The zero-order chi connectivity index (χ0) is 10.7. The fourth-order valence-electron chi connectivity index (χ4n) is 1.69. The van der Waals surface area contributed by atoms with Crippen LogP contribution in [0.1, 0.15) is 10.4 Å². The number of carbonyl (C=O) groups excluding carboxylic acids is 1.